The van der Waals surface area contributed by atoms with Crippen LogP contribution in [0.4, 0.5) is 0 Å². The van der Waals surface area contributed by atoms with Crippen molar-refractivity contribution in [3.63, 3.8) is 0 Å². The monoisotopic (exact) mass is 371 g/mol. The number of nitrogens with one attached hydrogen (secondary N) is 1. The summed E-state index contributed by atoms with van der Waals surface area (Å²) >= 11 is 0. The number of amides is 1. The number of carbonyl (C=O) groups is 1. The second kappa shape index (κ2) is 10.5. The normalized spacial score (nSPS) is 11.6. The van der Waals surface area contributed by atoms with Gasteiger partial charge in [0.15, 0.2) is 17.6 Å². The minimum absolute atomic E-state index is 0.0759. The van der Waals surface area contributed by atoms with E-state index < -0.39 is 6.10 Å². The summed E-state index contributed by atoms with van der Waals surface area (Å²) in [4.78, 5) is 12.4. The zero-order valence-electron chi connectivity index (χ0n) is 16.6. The van der Waals surface area contributed by atoms with Gasteiger partial charge >= 0.3 is 0 Å². The predicted octanol–water partition coefficient (Wildman–Crippen LogP) is 3.92. The SMILES string of the molecule is CCC(Oc1ccccc1C)C(=O)NCCCc1ccc(OC)c(OC)c1. The molecule has 0 aliphatic carbocycles. The number of ether oxygens (including phenoxy) is 3. The van der Waals surface area contributed by atoms with Gasteiger partial charge in [-0.1, -0.05) is 31.2 Å². The van der Waals surface area contributed by atoms with Crippen LogP contribution in [-0.2, 0) is 11.2 Å². The molecule has 1 unspecified atom stereocenters. The van der Waals surface area contributed by atoms with Gasteiger partial charge in [-0.25, -0.2) is 0 Å². The first kappa shape index (κ1) is 20.6. The lowest BCUT2D eigenvalue weighted by atomic mass is 10.1. The van der Waals surface area contributed by atoms with Gasteiger partial charge in [0, 0.05) is 6.54 Å². The Bertz CT molecular complexity index is 745. The van der Waals surface area contributed by atoms with Gasteiger partial charge < -0.3 is 19.5 Å². The van der Waals surface area contributed by atoms with Crippen molar-refractivity contribution in [3.05, 3.63) is 53.6 Å². The van der Waals surface area contributed by atoms with Gasteiger partial charge in [-0.3, -0.25) is 4.79 Å². The number of rotatable bonds is 10. The van der Waals surface area contributed by atoms with E-state index in [0.29, 0.717) is 18.7 Å². The Morgan fingerprint density at radius 2 is 1.78 bits per heavy atom. The van der Waals surface area contributed by atoms with Crippen LogP contribution in [0.5, 0.6) is 17.2 Å². The quantitative estimate of drug-likeness (QED) is 0.643. The van der Waals surface area contributed by atoms with Crippen LogP contribution < -0.4 is 19.5 Å². The molecule has 0 aromatic heterocycles. The van der Waals surface area contributed by atoms with Crippen molar-refractivity contribution in [2.45, 2.75) is 39.2 Å². The zero-order chi connectivity index (χ0) is 19.6. The van der Waals surface area contributed by atoms with E-state index in [1.54, 1.807) is 14.2 Å². The Labute approximate surface area is 161 Å². The van der Waals surface area contributed by atoms with Gasteiger partial charge in [0.1, 0.15) is 5.75 Å². The lowest BCUT2D eigenvalue weighted by Gasteiger charge is -2.18. The van der Waals surface area contributed by atoms with Gasteiger partial charge in [-0.2, -0.15) is 0 Å². The first-order valence-electron chi connectivity index (χ1n) is 9.30. The van der Waals surface area contributed by atoms with E-state index >= 15 is 0 Å². The summed E-state index contributed by atoms with van der Waals surface area (Å²) in [5.41, 5.74) is 2.17. The predicted molar refractivity (Wildman–Crippen MR) is 107 cm³/mol. The van der Waals surface area contributed by atoms with E-state index in [4.69, 9.17) is 14.2 Å². The van der Waals surface area contributed by atoms with Crippen LogP contribution in [0.15, 0.2) is 42.5 Å². The van der Waals surface area contributed by atoms with Gasteiger partial charge in [0.25, 0.3) is 5.91 Å². The molecule has 5 nitrogen and oxygen atoms in total. The fourth-order valence-corrected chi connectivity index (χ4v) is 2.82. The van der Waals surface area contributed by atoms with Crippen LogP contribution in [0.3, 0.4) is 0 Å². The molecule has 2 aromatic carbocycles. The lowest BCUT2D eigenvalue weighted by Crippen LogP contribution is -2.38. The largest absolute Gasteiger partial charge is 0.493 e. The molecule has 2 rings (SSSR count). The molecule has 0 bridgehead atoms. The molecule has 0 saturated heterocycles. The molecule has 0 spiro atoms. The second-order valence-electron chi connectivity index (χ2n) is 6.36. The average molecular weight is 371 g/mol. The van der Waals surface area contributed by atoms with Crippen molar-refractivity contribution in [2.24, 2.45) is 0 Å². The van der Waals surface area contributed by atoms with Crippen LogP contribution in [0.2, 0.25) is 0 Å². The molecule has 0 heterocycles. The number of hydrogen-bond donors (Lipinski definition) is 1. The summed E-state index contributed by atoms with van der Waals surface area (Å²) < 4.78 is 16.5. The Morgan fingerprint density at radius 1 is 1.04 bits per heavy atom. The fourth-order valence-electron chi connectivity index (χ4n) is 2.82. The summed E-state index contributed by atoms with van der Waals surface area (Å²) in [6.45, 7) is 4.52. The highest BCUT2D eigenvalue weighted by atomic mass is 16.5. The van der Waals surface area contributed by atoms with Crippen LogP contribution in [0, 0.1) is 6.92 Å². The van der Waals surface area contributed by atoms with Crippen molar-refractivity contribution >= 4 is 5.91 Å². The van der Waals surface area contributed by atoms with Gasteiger partial charge in [-0.05, 0) is 55.5 Å². The van der Waals surface area contributed by atoms with E-state index in [2.05, 4.69) is 5.32 Å². The molecular weight excluding hydrogens is 342 g/mol. The molecule has 1 N–H and O–H groups in total. The number of aryl methyl sites for hydroxylation is 2. The minimum atomic E-state index is -0.479. The molecule has 5 heteroatoms. The molecule has 1 atom stereocenters. The van der Waals surface area contributed by atoms with Crippen molar-refractivity contribution in [1.29, 1.82) is 0 Å². The maximum Gasteiger partial charge on any atom is 0.261 e. The van der Waals surface area contributed by atoms with Crippen LogP contribution in [-0.4, -0.2) is 32.8 Å². The Kier molecular flexibility index (Phi) is 7.99. The number of benzene rings is 2. The first-order valence-corrected chi connectivity index (χ1v) is 9.30. The second-order valence-corrected chi connectivity index (χ2v) is 6.36. The minimum Gasteiger partial charge on any atom is -0.493 e. The third-order valence-corrected chi connectivity index (χ3v) is 4.42. The van der Waals surface area contributed by atoms with Gasteiger partial charge in [-0.15, -0.1) is 0 Å². The fraction of sp³-hybridized carbons (Fsp3) is 0.409. The average Bonchev–Trinajstić information content (AvgIpc) is 2.70. The van der Waals surface area contributed by atoms with Crippen molar-refractivity contribution in [1.82, 2.24) is 5.32 Å². The zero-order valence-corrected chi connectivity index (χ0v) is 16.6. The Balaban J connectivity index is 1.81. The van der Waals surface area contributed by atoms with Crippen molar-refractivity contribution in [3.8, 4) is 17.2 Å². The topological polar surface area (TPSA) is 56.8 Å². The highest BCUT2D eigenvalue weighted by Gasteiger charge is 2.18. The summed E-state index contributed by atoms with van der Waals surface area (Å²) in [7, 11) is 3.25. The molecule has 0 aliphatic rings. The number of hydrogen-bond acceptors (Lipinski definition) is 4. The van der Waals surface area contributed by atoms with Crippen LogP contribution >= 0.6 is 0 Å². The van der Waals surface area contributed by atoms with E-state index in [9.17, 15) is 4.79 Å². The molecule has 0 saturated carbocycles. The third-order valence-electron chi connectivity index (χ3n) is 4.42. The summed E-state index contributed by atoms with van der Waals surface area (Å²) in [6.07, 6.45) is 1.82. The molecule has 1 amide bonds. The summed E-state index contributed by atoms with van der Waals surface area (Å²) in [5.74, 6) is 2.11. The van der Waals surface area contributed by atoms with Crippen LogP contribution in [0.1, 0.15) is 30.9 Å². The lowest BCUT2D eigenvalue weighted by molar-refractivity contribution is -0.128. The number of para-hydroxylation sites is 1. The molecule has 146 valence electrons. The highest BCUT2D eigenvalue weighted by molar-refractivity contribution is 5.81. The third kappa shape index (κ3) is 5.91. The van der Waals surface area contributed by atoms with E-state index in [0.717, 1.165) is 35.5 Å². The summed E-state index contributed by atoms with van der Waals surface area (Å²) in [6, 6.07) is 13.6. The van der Waals surface area contributed by atoms with Crippen molar-refractivity contribution in [2.75, 3.05) is 20.8 Å². The van der Waals surface area contributed by atoms with E-state index in [-0.39, 0.29) is 5.91 Å². The Hall–Kier alpha value is -2.69. The molecular formula is C22H29NO4. The Morgan fingerprint density at radius 3 is 2.44 bits per heavy atom. The maximum atomic E-state index is 12.4. The summed E-state index contributed by atoms with van der Waals surface area (Å²) in [5, 5.41) is 2.97. The molecule has 0 radical (unpaired) electrons. The van der Waals surface area contributed by atoms with E-state index in [1.165, 1.54) is 0 Å². The molecule has 27 heavy (non-hydrogen) atoms. The van der Waals surface area contributed by atoms with Gasteiger partial charge in [0.05, 0.1) is 14.2 Å². The number of methoxy groups -OCH3 is 2. The van der Waals surface area contributed by atoms with E-state index in [1.807, 2.05) is 56.3 Å². The maximum absolute atomic E-state index is 12.4. The molecule has 2 aromatic rings. The molecule has 0 fully saturated rings. The van der Waals surface area contributed by atoms with Crippen LogP contribution in [0.25, 0.3) is 0 Å². The number of carbonyl (C=O) groups excluding carboxylic acids is 1. The van der Waals surface area contributed by atoms with Crippen molar-refractivity contribution < 1.29 is 19.0 Å². The highest BCUT2D eigenvalue weighted by Crippen LogP contribution is 2.27. The van der Waals surface area contributed by atoms with Gasteiger partial charge in [0.2, 0.25) is 0 Å². The smallest absolute Gasteiger partial charge is 0.261 e. The first-order chi connectivity index (χ1) is 13.1. The molecule has 0 aliphatic heterocycles. The standard InChI is InChI=1S/C22H29NO4/c1-5-18(27-19-11-7-6-9-16(19)2)22(24)23-14-8-10-17-12-13-20(25-3)21(15-17)26-4/h6-7,9,11-13,15,18H,5,8,10,14H2,1-4H3,(H,23,24).